The zero-order chi connectivity index (χ0) is 17.6. The van der Waals surface area contributed by atoms with Crippen molar-refractivity contribution in [1.29, 1.82) is 0 Å². The molecule has 2 amide bonds. The Bertz CT molecular complexity index is 547. The van der Waals surface area contributed by atoms with E-state index >= 15 is 0 Å². The zero-order valence-electron chi connectivity index (χ0n) is 14.9. The van der Waals surface area contributed by atoms with Gasteiger partial charge in [-0.15, -0.1) is 0 Å². The Hall–Kier alpha value is -1.88. The summed E-state index contributed by atoms with van der Waals surface area (Å²) in [5.74, 6) is -0.386. The van der Waals surface area contributed by atoms with Crippen LogP contribution >= 0.6 is 0 Å². The molecular weight excluding hydrogens is 290 g/mol. The van der Waals surface area contributed by atoms with E-state index in [0.717, 1.165) is 23.2 Å². The fraction of sp³-hybridized carbons (Fsp3) is 0.556. The molecule has 0 saturated carbocycles. The number of para-hydroxylation sites is 1. The second-order valence-electron chi connectivity index (χ2n) is 6.30. The van der Waals surface area contributed by atoms with Gasteiger partial charge in [0, 0.05) is 12.2 Å². The van der Waals surface area contributed by atoms with Gasteiger partial charge in [0.2, 0.25) is 11.8 Å². The lowest BCUT2D eigenvalue weighted by atomic mass is 9.95. The summed E-state index contributed by atoms with van der Waals surface area (Å²) >= 11 is 0. The maximum Gasteiger partial charge on any atom is 0.244 e. The molecule has 0 saturated heterocycles. The van der Waals surface area contributed by atoms with Gasteiger partial charge in [-0.1, -0.05) is 31.5 Å². The predicted octanol–water partition coefficient (Wildman–Crippen LogP) is 2.61. The van der Waals surface area contributed by atoms with Crippen LogP contribution < -0.4 is 11.1 Å². The number of rotatable bonds is 7. The Kier molecular flexibility index (Phi) is 6.76. The number of likely N-dealkylation sites (N-methyl/N-ethyl adjacent to an activating group) is 1. The molecule has 5 heteroatoms. The van der Waals surface area contributed by atoms with Crippen LogP contribution in [0.1, 0.15) is 44.7 Å². The SMILES string of the molecule is CCCC(C)(N)C(=O)N(CC)CC(=O)Nc1c(C)cccc1C. The third-order valence-corrected chi connectivity index (χ3v) is 4.01. The first-order valence-corrected chi connectivity index (χ1v) is 8.17. The van der Waals surface area contributed by atoms with Crippen molar-refractivity contribution in [3.05, 3.63) is 29.3 Å². The smallest absolute Gasteiger partial charge is 0.244 e. The van der Waals surface area contributed by atoms with Crippen LogP contribution in [0, 0.1) is 13.8 Å². The fourth-order valence-corrected chi connectivity index (χ4v) is 2.68. The van der Waals surface area contributed by atoms with Crippen LogP contribution in [-0.4, -0.2) is 35.3 Å². The van der Waals surface area contributed by atoms with E-state index in [-0.39, 0.29) is 18.4 Å². The largest absolute Gasteiger partial charge is 0.332 e. The van der Waals surface area contributed by atoms with Crippen LogP contribution in [-0.2, 0) is 9.59 Å². The quantitative estimate of drug-likeness (QED) is 0.811. The molecule has 0 radical (unpaired) electrons. The zero-order valence-corrected chi connectivity index (χ0v) is 14.9. The monoisotopic (exact) mass is 319 g/mol. The van der Waals surface area contributed by atoms with Gasteiger partial charge in [-0.05, 0) is 45.2 Å². The fourth-order valence-electron chi connectivity index (χ4n) is 2.68. The van der Waals surface area contributed by atoms with Gasteiger partial charge in [-0.3, -0.25) is 9.59 Å². The van der Waals surface area contributed by atoms with Gasteiger partial charge in [-0.2, -0.15) is 0 Å². The molecule has 5 nitrogen and oxygen atoms in total. The number of nitrogens with two attached hydrogens (primary N) is 1. The van der Waals surface area contributed by atoms with Crippen molar-refractivity contribution in [2.75, 3.05) is 18.4 Å². The normalized spacial score (nSPS) is 13.3. The van der Waals surface area contributed by atoms with Crippen molar-refractivity contribution >= 4 is 17.5 Å². The second-order valence-corrected chi connectivity index (χ2v) is 6.30. The van der Waals surface area contributed by atoms with Crippen LogP contribution in [0.3, 0.4) is 0 Å². The number of aryl methyl sites for hydroxylation is 2. The third kappa shape index (κ3) is 5.06. The Morgan fingerprint density at radius 2 is 1.78 bits per heavy atom. The highest BCUT2D eigenvalue weighted by Crippen LogP contribution is 2.19. The van der Waals surface area contributed by atoms with E-state index in [1.54, 1.807) is 6.92 Å². The highest BCUT2D eigenvalue weighted by atomic mass is 16.2. The molecule has 0 aliphatic carbocycles. The van der Waals surface area contributed by atoms with Crippen LogP contribution in [0.5, 0.6) is 0 Å². The van der Waals surface area contributed by atoms with Gasteiger partial charge in [0.05, 0.1) is 12.1 Å². The van der Waals surface area contributed by atoms with E-state index in [9.17, 15) is 9.59 Å². The molecule has 128 valence electrons. The van der Waals surface area contributed by atoms with Crippen LogP contribution in [0.15, 0.2) is 18.2 Å². The van der Waals surface area contributed by atoms with Crippen LogP contribution in [0.2, 0.25) is 0 Å². The lowest BCUT2D eigenvalue weighted by Gasteiger charge is -2.30. The number of nitrogens with one attached hydrogen (secondary N) is 1. The maximum absolute atomic E-state index is 12.5. The van der Waals surface area contributed by atoms with Crippen molar-refractivity contribution in [2.45, 2.75) is 53.0 Å². The summed E-state index contributed by atoms with van der Waals surface area (Å²) in [7, 11) is 0. The van der Waals surface area contributed by atoms with Gasteiger partial charge in [-0.25, -0.2) is 0 Å². The third-order valence-electron chi connectivity index (χ3n) is 4.01. The number of benzene rings is 1. The molecule has 0 spiro atoms. The average molecular weight is 319 g/mol. The summed E-state index contributed by atoms with van der Waals surface area (Å²) in [6.45, 7) is 9.93. The summed E-state index contributed by atoms with van der Waals surface area (Å²) in [6.07, 6.45) is 1.42. The van der Waals surface area contributed by atoms with E-state index in [1.807, 2.05) is 45.9 Å². The number of hydrogen-bond donors (Lipinski definition) is 2. The molecule has 1 aromatic carbocycles. The predicted molar refractivity (Wildman–Crippen MR) is 94.3 cm³/mol. The Morgan fingerprint density at radius 3 is 2.26 bits per heavy atom. The number of carbonyl (C=O) groups is 2. The van der Waals surface area contributed by atoms with E-state index in [2.05, 4.69) is 5.32 Å². The Labute approximate surface area is 139 Å². The standard InChI is InChI=1S/C18H29N3O2/c1-6-11-18(5,19)17(23)21(7-2)12-15(22)20-16-13(3)9-8-10-14(16)4/h8-10H,6-7,11-12,19H2,1-5H3,(H,20,22). The van der Waals surface area contributed by atoms with Crippen molar-refractivity contribution < 1.29 is 9.59 Å². The summed E-state index contributed by atoms with van der Waals surface area (Å²) in [6, 6.07) is 5.85. The molecule has 0 aliphatic heterocycles. The molecule has 0 heterocycles. The summed E-state index contributed by atoms with van der Waals surface area (Å²) in [4.78, 5) is 26.4. The van der Waals surface area contributed by atoms with Crippen molar-refractivity contribution in [2.24, 2.45) is 5.73 Å². The van der Waals surface area contributed by atoms with Gasteiger partial charge in [0.15, 0.2) is 0 Å². The molecule has 1 unspecified atom stereocenters. The first-order valence-electron chi connectivity index (χ1n) is 8.17. The first-order chi connectivity index (χ1) is 10.7. The molecule has 0 bridgehead atoms. The number of carbonyl (C=O) groups excluding carboxylic acids is 2. The molecule has 3 N–H and O–H groups in total. The first kappa shape index (κ1) is 19.2. The number of nitrogens with zero attached hydrogens (tertiary/aromatic N) is 1. The molecule has 23 heavy (non-hydrogen) atoms. The molecule has 0 aromatic heterocycles. The van der Waals surface area contributed by atoms with E-state index in [0.29, 0.717) is 13.0 Å². The van der Waals surface area contributed by atoms with Gasteiger partial charge in [0.25, 0.3) is 0 Å². The molecule has 0 aliphatic rings. The highest BCUT2D eigenvalue weighted by molar-refractivity contribution is 5.97. The second kappa shape index (κ2) is 8.11. The molecule has 0 fully saturated rings. The van der Waals surface area contributed by atoms with Crippen LogP contribution in [0.4, 0.5) is 5.69 Å². The number of amides is 2. The van der Waals surface area contributed by atoms with Crippen molar-refractivity contribution in [3.63, 3.8) is 0 Å². The number of hydrogen-bond acceptors (Lipinski definition) is 3. The average Bonchev–Trinajstić information content (AvgIpc) is 2.48. The molecule has 1 rings (SSSR count). The summed E-state index contributed by atoms with van der Waals surface area (Å²) < 4.78 is 0. The highest BCUT2D eigenvalue weighted by Gasteiger charge is 2.32. The lowest BCUT2D eigenvalue weighted by molar-refractivity contribution is -0.139. The lowest BCUT2D eigenvalue weighted by Crippen LogP contribution is -2.54. The minimum absolute atomic E-state index is 0.0135. The topological polar surface area (TPSA) is 75.4 Å². The Morgan fingerprint density at radius 1 is 1.22 bits per heavy atom. The summed E-state index contributed by atoms with van der Waals surface area (Å²) in [5.41, 5.74) is 7.99. The minimum Gasteiger partial charge on any atom is -0.332 e. The van der Waals surface area contributed by atoms with Gasteiger partial charge in [0.1, 0.15) is 0 Å². The van der Waals surface area contributed by atoms with Crippen LogP contribution in [0.25, 0.3) is 0 Å². The van der Waals surface area contributed by atoms with Crippen molar-refractivity contribution in [3.8, 4) is 0 Å². The number of anilines is 1. The molecule has 1 atom stereocenters. The van der Waals surface area contributed by atoms with Gasteiger partial charge >= 0.3 is 0 Å². The molecular formula is C18H29N3O2. The van der Waals surface area contributed by atoms with Crippen molar-refractivity contribution in [1.82, 2.24) is 4.90 Å². The Balaban J connectivity index is 2.80. The van der Waals surface area contributed by atoms with E-state index < -0.39 is 5.54 Å². The maximum atomic E-state index is 12.5. The van der Waals surface area contributed by atoms with Gasteiger partial charge < -0.3 is 16.0 Å². The minimum atomic E-state index is -0.927. The molecule has 1 aromatic rings. The van der Waals surface area contributed by atoms with E-state index in [4.69, 9.17) is 5.73 Å². The van der Waals surface area contributed by atoms with E-state index in [1.165, 1.54) is 4.90 Å². The summed E-state index contributed by atoms with van der Waals surface area (Å²) in [5, 5.41) is 2.91.